The molecule has 1 amide bonds. The van der Waals surface area contributed by atoms with E-state index in [1.54, 1.807) is 7.11 Å². The smallest absolute Gasteiger partial charge is 0.226 e. The number of ether oxygens (including phenoxy) is 2. The highest BCUT2D eigenvalue weighted by molar-refractivity contribution is 5.94. The Morgan fingerprint density at radius 1 is 1.44 bits per heavy atom. The van der Waals surface area contributed by atoms with Crippen LogP contribution in [0.25, 0.3) is 0 Å². The van der Waals surface area contributed by atoms with Gasteiger partial charge in [-0.25, -0.2) is 4.68 Å². The number of rotatable bonds is 5. The molecule has 2 aromatic rings. The summed E-state index contributed by atoms with van der Waals surface area (Å²) in [6.07, 6.45) is 7.47. The van der Waals surface area contributed by atoms with Crippen LogP contribution in [0.2, 0.25) is 0 Å². The highest BCUT2D eigenvalue weighted by atomic mass is 16.5. The van der Waals surface area contributed by atoms with Crippen molar-refractivity contribution >= 4 is 11.7 Å². The van der Waals surface area contributed by atoms with E-state index in [9.17, 15) is 4.79 Å². The normalized spacial score (nSPS) is 16.1. The third kappa shape index (κ3) is 3.18. The first-order valence-corrected chi connectivity index (χ1v) is 8.16. The molecule has 3 rings (SSSR count). The standard InChI is InChI=1S/C19H21N3O3/c1-5-8-25-17-9-13(6-7-16(17)24-4)14-10-18(23)21-19-15(14)11-20-22(19)12(2)3/h1,6-7,9,11-12,14H,8,10H2,2-4H3,(H,21,23)/t14-/m0/s1. The Morgan fingerprint density at radius 3 is 2.92 bits per heavy atom. The van der Waals surface area contributed by atoms with E-state index in [-0.39, 0.29) is 24.5 Å². The second-order valence-electron chi connectivity index (χ2n) is 6.19. The first-order chi connectivity index (χ1) is 12.0. The summed E-state index contributed by atoms with van der Waals surface area (Å²) in [6, 6.07) is 5.82. The molecule has 25 heavy (non-hydrogen) atoms. The topological polar surface area (TPSA) is 65.4 Å². The molecule has 1 aliphatic heterocycles. The molecule has 0 spiro atoms. The molecule has 6 heteroatoms. The van der Waals surface area contributed by atoms with Gasteiger partial charge in [0.1, 0.15) is 12.4 Å². The van der Waals surface area contributed by atoms with E-state index >= 15 is 0 Å². The number of anilines is 1. The molecule has 1 aliphatic rings. The van der Waals surface area contributed by atoms with Crippen LogP contribution in [0.3, 0.4) is 0 Å². The number of benzene rings is 1. The highest BCUT2D eigenvalue weighted by Gasteiger charge is 2.31. The van der Waals surface area contributed by atoms with Crippen molar-refractivity contribution in [2.45, 2.75) is 32.2 Å². The zero-order chi connectivity index (χ0) is 18.0. The van der Waals surface area contributed by atoms with E-state index in [0.717, 1.165) is 16.9 Å². The Hall–Kier alpha value is -2.94. The molecule has 0 bridgehead atoms. The zero-order valence-electron chi connectivity index (χ0n) is 14.6. The summed E-state index contributed by atoms with van der Waals surface area (Å²) >= 11 is 0. The Kier molecular flexibility index (Phi) is 4.66. The SMILES string of the molecule is C#CCOc1cc([C@@H]2CC(=O)Nc3c2cnn3C(C)C)ccc1OC. The van der Waals surface area contributed by atoms with Crippen molar-refractivity contribution in [3.8, 4) is 23.8 Å². The Morgan fingerprint density at radius 2 is 2.24 bits per heavy atom. The average Bonchev–Trinajstić information content (AvgIpc) is 3.02. The molecule has 1 atom stereocenters. The molecule has 6 nitrogen and oxygen atoms in total. The number of carbonyl (C=O) groups is 1. The molecule has 2 heterocycles. The lowest BCUT2D eigenvalue weighted by molar-refractivity contribution is -0.116. The van der Waals surface area contributed by atoms with Crippen LogP contribution in [0, 0.1) is 12.3 Å². The minimum atomic E-state index is -0.0876. The third-order valence-corrected chi connectivity index (χ3v) is 4.24. The number of fused-ring (bicyclic) bond motifs is 1. The van der Waals surface area contributed by atoms with Gasteiger partial charge >= 0.3 is 0 Å². The quantitative estimate of drug-likeness (QED) is 0.851. The summed E-state index contributed by atoms with van der Waals surface area (Å²) in [5.74, 6) is 4.28. The van der Waals surface area contributed by atoms with Gasteiger partial charge in [-0.15, -0.1) is 6.42 Å². The zero-order valence-corrected chi connectivity index (χ0v) is 14.6. The lowest BCUT2D eigenvalue weighted by Gasteiger charge is -2.25. The Balaban J connectivity index is 2.03. The number of aromatic nitrogens is 2. The summed E-state index contributed by atoms with van der Waals surface area (Å²) in [6.45, 7) is 4.21. The van der Waals surface area contributed by atoms with Gasteiger partial charge in [-0.2, -0.15) is 5.10 Å². The number of methoxy groups -OCH3 is 1. The number of nitrogens with one attached hydrogen (secondary N) is 1. The van der Waals surface area contributed by atoms with Gasteiger partial charge in [0.05, 0.1) is 13.3 Å². The minimum Gasteiger partial charge on any atom is -0.493 e. The molecule has 1 aromatic carbocycles. The predicted octanol–water partition coefficient (Wildman–Crippen LogP) is 2.96. The van der Waals surface area contributed by atoms with Crippen molar-refractivity contribution in [3.05, 3.63) is 35.5 Å². The van der Waals surface area contributed by atoms with E-state index in [2.05, 4.69) is 16.3 Å². The fourth-order valence-electron chi connectivity index (χ4n) is 3.07. The fraction of sp³-hybridized carbons (Fsp3) is 0.368. The van der Waals surface area contributed by atoms with Crippen LogP contribution in [0.4, 0.5) is 5.82 Å². The highest BCUT2D eigenvalue weighted by Crippen LogP contribution is 2.40. The lowest BCUT2D eigenvalue weighted by atomic mass is 9.87. The first kappa shape index (κ1) is 16.9. The van der Waals surface area contributed by atoms with Gasteiger partial charge in [-0.3, -0.25) is 4.79 Å². The molecule has 0 fully saturated rings. The summed E-state index contributed by atoms with van der Waals surface area (Å²) in [5.41, 5.74) is 1.97. The number of hydrogen-bond donors (Lipinski definition) is 1. The maximum Gasteiger partial charge on any atom is 0.226 e. The number of amides is 1. The molecule has 1 N–H and O–H groups in total. The van der Waals surface area contributed by atoms with Crippen LogP contribution >= 0.6 is 0 Å². The second kappa shape index (κ2) is 6.89. The van der Waals surface area contributed by atoms with E-state index in [1.807, 2.05) is 42.9 Å². The van der Waals surface area contributed by atoms with Crippen LogP contribution in [0.15, 0.2) is 24.4 Å². The second-order valence-corrected chi connectivity index (χ2v) is 6.19. The molecule has 0 saturated carbocycles. The lowest BCUT2D eigenvalue weighted by Crippen LogP contribution is -2.25. The van der Waals surface area contributed by atoms with Gasteiger partial charge in [0.25, 0.3) is 0 Å². The molecule has 0 saturated heterocycles. The summed E-state index contributed by atoms with van der Waals surface area (Å²) in [4.78, 5) is 12.2. The molecule has 0 aliphatic carbocycles. The van der Waals surface area contributed by atoms with Crippen LogP contribution in [-0.2, 0) is 4.79 Å². The molecule has 0 radical (unpaired) electrons. The number of carbonyl (C=O) groups excluding carboxylic acids is 1. The average molecular weight is 339 g/mol. The van der Waals surface area contributed by atoms with E-state index in [0.29, 0.717) is 17.9 Å². The summed E-state index contributed by atoms with van der Waals surface area (Å²) in [7, 11) is 1.58. The largest absolute Gasteiger partial charge is 0.493 e. The van der Waals surface area contributed by atoms with Crippen LogP contribution in [0.5, 0.6) is 11.5 Å². The van der Waals surface area contributed by atoms with Gasteiger partial charge in [0.2, 0.25) is 5.91 Å². The maximum atomic E-state index is 12.2. The maximum absolute atomic E-state index is 12.2. The van der Waals surface area contributed by atoms with Gasteiger partial charge in [-0.1, -0.05) is 12.0 Å². The Labute approximate surface area is 147 Å². The number of hydrogen-bond acceptors (Lipinski definition) is 4. The third-order valence-electron chi connectivity index (χ3n) is 4.24. The summed E-state index contributed by atoms with van der Waals surface area (Å²) < 4.78 is 12.7. The van der Waals surface area contributed by atoms with Crippen molar-refractivity contribution in [2.24, 2.45) is 0 Å². The first-order valence-electron chi connectivity index (χ1n) is 8.16. The number of nitrogens with zero attached hydrogens (tertiary/aromatic N) is 2. The molecular formula is C19H21N3O3. The van der Waals surface area contributed by atoms with E-state index in [4.69, 9.17) is 15.9 Å². The molecular weight excluding hydrogens is 318 g/mol. The van der Waals surface area contributed by atoms with Crippen LogP contribution in [-0.4, -0.2) is 29.4 Å². The fourth-order valence-corrected chi connectivity index (χ4v) is 3.07. The summed E-state index contributed by atoms with van der Waals surface area (Å²) in [5, 5.41) is 7.37. The van der Waals surface area contributed by atoms with Gasteiger partial charge in [0.15, 0.2) is 11.5 Å². The van der Waals surface area contributed by atoms with Gasteiger partial charge < -0.3 is 14.8 Å². The molecule has 1 aromatic heterocycles. The predicted molar refractivity (Wildman–Crippen MR) is 95.0 cm³/mol. The van der Waals surface area contributed by atoms with Crippen LogP contribution in [0.1, 0.15) is 43.4 Å². The monoisotopic (exact) mass is 339 g/mol. The van der Waals surface area contributed by atoms with Gasteiger partial charge in [0, 0.05) is 23.9 Å². The van der Waals surface area contributed by atoms with Crippen LogP contribution < -0.4 is 14.8 Å². The van der Waals surface area contributed by atoms with E-state index in [1.165, 1.54) is 0 Å². The molecule has 0 unspecified atom stereocenters. The van der Waals surface area contributed by atoms with Crippen molar-refractivity contribution in [2.75, 3.05) is 19.0 Å². The van der Waals surface area contributed by atoms with Crippen molar-refractivity contribution in [3.63, 3.8) is 0 Å². The minimum absolute atomic E-state index is 0.0261. The van der Waals surface area contributed by atoms with E-state index < -0.39 is 0 Å². The van der Waals surface area contributed by atoms with Crippen molar-refractivity contribution in [1.82, 2.24) is 9.78 Å². The number of terminal acetylenes is 1. The molecule has 130 valence electrons. The Bertz CT molecular complexity index is 833. The van der Waals surface area contributed by atoms with Gasteiger partial charge in [-0.05, 0) is 31.5 Å². The van der Waals surface area contributed by atoms with Crippen molar-refractivity contribution in [1.29, 1.82) is 0 Å². The van der Waals surface area contributed by atoms with Crippen molar-refractivity contribution < 1.29 is 14.3 Å².